The van der Waals surface area contributed by atoms with Gasteiger partial charge in [0.1, 0.15) is 17.4 Å². The Morgan fingerprint density at radius 3 is 2.55 bits per heavy atom. The van der Waals surface area contributed by atoms with Gasteiger partial charge >= 0.3 is 0 Å². The molecule has 0 atom stereocenters. The minimum atomic E-state index is -0.158. The van der Waals surface area contributed by atoms with Crippen LogP contribution in [0.3, 0.4) is 0 Å². The van der Waals surface area contributed by atoms with E-state index in [1.54, 1.807) is 18.5 Å². The number of anilines is 1. The highest BCUT2D eigenvalue weighted by Gasteiger charge is 2.19. The molecule has 0 amide bonds. The Morgan fingerprint density at radius 2 is 1.90 bits per heavy atom. The van der Waals surface area contributed by atoms with Crippen molar-refractivity contribution < 1.29 is 4.74 Å². The van der Waals surface area contributed by atoms with Crippen molar-refractivity contribution in [3.05, 3.63) is 30.4 Å². The van der Waals surface area contributed by atoms with Gasteiger partial charge in [-0.05, 0) is 13.0 Å². The zero-order chi connectivity index (χ0) is 14.8. The molecular formula is C15H20N4O. The van der Waals surface area contributed by atoms with Crippen molar-refractivity contribution in [1.82, 2.24) is 15.0 Å². The van der Waals surface area contributed by atoms with Crippen LogP contribution in [0.5, 0.6) is 5.75 Å². The quantitative estimate of drug-likeness (QED) is 0.930. The van der Waals surface area contributed by atoms with Gasteiger partial charge in [-0.2, -0.15) is 0 Å². The molecule has 0 radical (unpaired) electrons. The molecule has 0 aliphatic heterocycles. The molecule has 20 heavy (non-hydrogen) atoms. The Hall–Kier alpha value is -2.17. The molecule has 5 heteroatoms. The van der Waals surface area contributed by atoms with E-state index in [0.29, 0.717) is 18.2 Å². The SMILES string of the molecule is CCOc1cncc(-c2cc(N)nc(C(C)(C)C)n2)c1. The lowest BCUT2D eigenvalue weighted by Gasteiger charge is -2.17. The number of nitrogen functional groups attached to an aromatic ring is 1. The smallest absolute Gasteiger partial charge is 0.138 e. The van der Waals surface area contributed by atoms with Gasteiger partial charge in [0.2, 0.25) is 0 Å². The van der Waals surface area contributed by atoms with Crippen LogP contribution >= 0.6 is 0 Å². The molecule has 0 unspecified atom stereocenters. The maximum absolute atomic E-state index is 5.89. The number of nitrogens with two attached hydrogens (primary N) is 1. The zero-order valence-corrected chi connectivity index (χ0v) is 12.3. The first-order chi connectivity index (χ1) is 9.40. The van der Waals surface area contributed by atoms with Crippen molar-refractivity contribution in [2.45, 2.75) is 33.1 Å². The fourth-order valence-corrected chi connectivity index (χ4v) is 1.75. The maximum Gasteiger partial charge on any atom is 0.138 e. The summed E-state index contributed by atoms with van der Waals surface area (Å²) in [6.45, 7) is 8.71. The maximum atomic E-state index is 5.89. The Labute approximate surface area is 119 Å². The Kier molecular flexibility index (Phi) is 3.88. The van der Waals surface area contributed by atoms with Gasteiger partial charge in [-0.15, -0.1) is 0 Å². The standard InChI is InChI=1S/C15H20N4O/c1-5-20-11-6-10(8-17-9-11)12-7-13(16)19-14(18-12)15(2,3)4/h6-9H,5H2,1-4H3,(H2,16,18,19). The molecule has 0 aliphatic carbocycles. The minimum absolute atomic E-state index is 0.158. The second kappa shape index (κ2) is 5.45. The molecule has 2 rings (SSSR count). The van der Waals surface area contributed by atoms with Crippen molar-refractivity contribution >= 4 is 5.82 Å². The third-order valence-electron chi connectivity index (χ3n) is 2.74. The van der Waals surface area contributed by atoms with Crippen molar-refractivity contribution in [3.8, 4) is 17.0 Å². The average Bonchev–Trinajstić information content (AvgIpc) is 2.38. The van der Waals surface area contributed by atoms with E-state index in [2.05, 4.69) is 35.7 Å². The number of aromatic nitrogens is 3. The number of nitrogens with zero attached hydrogens (tertiary/aromatic N) is 3. The van der Waals surface area contributed by atoms with Crippen LogP contribution in [-0.4, -0.2) is 21.6 Å². The molecule has 2 aromatic rings. The lowest BCUT2D eigenvalue weighted by molar-refractivity contribution is 0.339. The summed E-state index contributed by atoms with van der Waals surface area (Å²) in [4.78, 5) is 13.1. The van der Waals surface area contributed by atoms with Crippen molar-refractivity contribution in [2.75, 3.05) is 12.3 Å². The topological polar surface area (TPSA) is 73.9 Å². The van der Waals surface area contributed by atoms with Crippen LogP contribution in [0, 0.1) is 0 Å². The van der Waals surface area contributed by atoms with Crippen LogP contribution in [0.1, 0.15) is 33.5 Å². The van der Waals surface area contributed by atoms with Gasteiger partial charge in [0.15, 0.2) is 0 Å². The number of pyridine rings is 1. The molecule has 0 aromatic carbocycles. The first-order valence-electron chi connectivity index (χ1n) is 6.63. The highest BCUT2D eigenvalue weighted by atomic mass is 16.5. The Balaban J connectivity index is 2.47. The van der Waals surface area contributed by atoms with Crippen LogP contribution in [0.2, 0.25) is 0 Å². The van der Waals surface area contributed by atoms with Crippen LogP contribution in [0.4, 0.5) is 5.82 Å². The summed E-state index contributed by atoms with van der Waals surface area (Å²) in [7, 11) is 0. The molecule has 5 nitrogen and oxygen atoms in total. The first kappa shape index (κ1) is 14.2. The number of hydrogen-bond acceptors (Lipinski definition) is 5. The van der Waals surface area contributed by atoms with E-state index in [1.165, 1.54) is 0 Å². The van der Waals surface area contributed by atoms with Gasteiger partial charge in [-0.25, -0.2) is 9.97 Å². The molecule has 0 aliphatic rings. The van der Waals surface area contributed by atoms with E-state index in [-0.39, 0.29) is 5.41 Å². The van der Waals surface area contributed by atoms with Gasteiger partial charge in [0.05, 0.1) is 18.5 Å². The fraction of sp³-hybridized carbons (Fsp3) is 0.400. The predicted octanol–water partition coefficient (Wildman–Crippen LogP) is 2.82. The first-order valence-corrected chi connectivity index (χ1v) is 6.63. The molecule has 106 valence electrons. The number of ether oxygens (including phenoxy) is 1. The van der Waals surface area contributed by atoms with E-state index in [9.17, 15) is 0 Å². The lowest BCUT2D eigenvalue weighted by Crippen LogP contribution is -2.17. The van der Waals surface area contributed by atoms with Crippen LogP contribution in [0.15, 0.2) is 24.5 Å². The predicted molar refractivity (Wildman–Crippen MR) is 79.5 cm³/mol. The highest BCUT2D eigenvalue weighted by molar-refractivity contribution is 5.62. The molecule has 2 heterocycles. The Bertz CT molecular complexity index is 605. The van der Waals surface area contributed by atoms with Gasteiger partial charge in [-0.3, -0.25) is 4.98 Å². The van der Waals surface area contributed by atoms with Gasteiger partial charge in [0.25, 0.3) is 0 Å². The third kappa shape index (κ3) is 3.23. The minimum Gasteiger partial charge on any atom is -0.492 e. The summed E-state index contributed by atoms with van der Waals surface area (Å²) < 4.78 is 5.46. The number of hydrogen-bond donors (Lipinski definition) is 1. The molecule has 0 saturated heterocycles. The molecule has 2 N–H and O–H groups in total. The third-order valence-corrected chi connectivity index (χ3v) is 2.74. The van der Waals surface area contributed by atoms with Crippen LogP contribution in [0.25, 0.3) is 11.3 Å². The van der Waals surface area contributed by atoms with Gasteiger partial charge in [0, 0.05) is 23.2 Å². The zero-order valence-electron chi connectivity index (χ0n) is 12.3. The largest absolute Gasteiger partial charge is 0.492 e. The summed E-state index contributed by atoms with van der Waals surface area (Å²) in [5.41, 5.74) is 7.36. The molecule has 0 bridgehead atoms. The van der Waals surface area contributed by atoms with Gasteiger partial charge < -0.3 is 10.5 Å². The summed E-state index contributed by atoms with van der Waals surface area (Å²) in [5, 5.41) is 0. The molecule has 0 saturated carbocycles. The normalized spacial score (nSPS) is 11.4. The summed E-state index contributed by atoms with van der Waals surface area (Å²) in [6, 6.07) is 3.66. The fourth-order valence-electron chi connectivity index (χ4n) is 1.75. The van der Waals surface area contributed by atoms with E-state index in [1.807, 2.05) is 13.0 Å². The monoisotopic (exact) mass is 272 g/mol. The Morgan fingerprint density at radius 1 is 1.15 bits per heavy atom. The van der Waals surface area contributed by atoms with E-state index in [4.69, 9.17) is 10.5 Å². The highest BCUT2D eigenvalue weighted by Crippen LogP contribution is 2.26. The number of rotatable bonds is 3. The lowest BCUT2D eigenvalue weighted by atomic mass is 9.95. The van der Waals surface area contributed by atoms with Crippen LogP contribution < -0.4 is 10.5 Å². The van der Waals surface area contributed by atoms with Gasteiger partial charge in [-0.1, -0.05) is 20.8 Å². The molecule has 0 spiro atoms. The van der Waals surface area contributed by atoms with Crippen molar-refractivity contribution in [3.63, 3.8) is 0 Å². The second-order valence-electron chi connectivity index (χ2n) is 5.59. The van der Waals surface area contributed by atoms with E-state index >= 15 is 0 Å². The van der Waals surface area contributed by atoms with Crippen molar-refractivity contribution in [1.29, 1.82) is 0 Å². The van der Waals surface area contributed by atoms with Crippen LogP contribution in [-0.2, 0) is 5.41 Å². The van der Waals surface area contributed by atoms with E-state index in [0.717, 1.165) is 17.0 Å². The summed E-state index contributed by atoms with van der Waals surface area (Å²) in [5.74, 6) is 1.90. The average molecular weight is 272 g/mol. The summed E-state index contributed by atoms with van der Waals surface area (Å²) >= 11 is 0. The van der Waals surface area contributed by atoms with Crippen molar-refractivity contribution in [2.24, 2.45) is 0 Å². The summed E-state index contributed by atoms with van der Waals surface area (Å²) in [6.07, 6.45) is 3.43. The second-order valence-corrected chi connectivity index (χ2v) is 5.59. The molecular weight excluding hydrogens is 252 g/mol. The van der Waals surface area contributed by atoms with E-state index < -0.39 is 0 Å². The molecule has 0 fully saturated rings. The molecule has 2 aromatic heterocycles.